The molecule has 5 nitrogen and oxygen atoms in total. The van der Waals surface area contributed by atoms with E-state index < -0.39 is 18.1 Å². The summed E-state index contributed by atoms with van der Waals surface area (Å²) in [6, 6.07) is 12.3. The van der Waals surface area contributed by atoms with E-state index in [9.17, 15) is 14.7 Å². The van der Waals surface area contributed by atoms with Crippen LogP contribution in [0.2, 0.25) is 10.0 Å². The maximum Gasteiger partial charge on any atom is 0.321 e. The molecule has 0 saturated carbocycles. The van der Waals surface area contributed by atoms with Crippen LogP contribution in [0.3, 0.4) is 0 Å². The number of carbonyl (C=O) groups is 2. The third kappa shape index (κ3) is 5.11. The van der Waals surface area contributed by atoms with Crippen LogP contribution in [0, 0.1) is 0 Å². The molecule has 3 unspecified atom stereocenters. The van der Waals surface area contributed by atoms with Gasteiger partial charge in [-0.1, -0.05) is 53.5 Å². The lowest BCUT2D eigenvalue weighted by atomic mass is 9.94. The number of Topliss-reactive ketones (excluding diaryl/α,β-unsaturated/α-hetero) is 1. The van der Waals surface area contributed by atoms with Crippen LogP contribution < -0.4 is 10.6 Å². The Morgan fingerprint density at radius 2 is 1.93 bits per heavy atom. The molecular weight excluding hydrogens is 399 g/mol. The van der Waals surface area contributed by atoms with E-state index in [-0.39, 0.29) is 23.3 Å². The van der Waals surface area contributed by atoms with E-state index in [0.717, 1.165) is 24.9 Å². The second-order valence-electron chi connectivity index (χ2n) is 6.92. The summed E-state index contributed by atoms with van der Waals surface area (Å²) in [5.74, 6) is -1.23. The van der Waals surface area contributed by atoms with Crippen molar-refractivity contribution in [3.8, 4) is 0 Å². The number of nitrogens with one attached hydrogen (secondary N) is 2. The first-order valence-electron chi connectivity index (χ1n) is 9.21. The van der Waals surface area contributed by atoms with Crippen molar-refractivity contribution in [2.75, 3.05) is 6.54 Å². The monoisotopic (exact) mass is 420 g/mol. The van der Waals surface area contributed by atoms with E-state index >= 15 is 0 Å². The minimum Gasteiger partial charge on any atom is -0.480 e. The fraction of sp³-hybridized carbons (Fsp3) is 0.333. The Morgan fingerprint density at radius 3 is 2.54 bits per heavy atom. The molecule has 3 rings (SSSR count). The lowest BCUT2D eigenvalue weighted by molar-refractivity contribution is -0.139. The molecule has 0 bridgehead atoms. The Balaban J connectivity index is 1.86. The first kappa shape index (κ1) is 20.8. The van der Waals surface area contributed by atoms with Gasteiger partial charge in [0.05, 0.1) is 11.1 Å². The predicted octanol–water partition coefficient (Wildman–Crippen LogP) is 3.58. The summed E-state index contributed by atoms with van der Waals surface area (Å²) < 4.78 is 0. The molecule has 0 radical (unpaired) electrons. The molecular formula is C21H22Cl2N2O3. The van der Waals surface area contributed by atoms with Gasteiger partial charge in [-0.05, 0) is 49.6 Å². The summed E-state index contributed by atoms with van der Waals surface area (Å²) in [6.07, 6.45) is 1.99. The van der Waals surface area contributed by atoms with Crippen LogP contribution in [0.1, 0.15) is 28.8 Å². The summed E-state index contributed by atoms with van der Waals surface area (Å²) in [5, 5.41) is 16.8. The van der Waals surface area contributed by atoms with Crippen molar-refractivity contribution in [3.63, 3.8) is 0 Å². The highest BCUT2D eigenvalue weighted by atomic mass is 35.5. The summed E-state index contributed by atoms with van der Waals surface area (Å²) >= 11 is 12.2. The van der Waals surface area contributed by atoms with Crippen LogP contribution >= 0.6 is 23.2 Å². The summed E-state index contributed by atoms with van der Waals surface area (Å²) in [4.78, 5) is 25.1. The van der Waals surface area contributed by atoms with Gasteiger partial charge in [0, 0.05) is 16.6 Å². The van der Waals surface area contributed by atoms with E-state index in [1.807, 2.05) is 30.3 Å². The topological polar surface area (TPSA) is 78.4 Å². The quantitative estimate of drug-likeness (QED) is 0.568. The molecule has 3 N–H and O–H groups in total. The average molecular weight is 421 g/mol. The molecule has 0 aliphatic carbocycles. The number of halogens is 2. The normalized spacial score (nSPS) is 18.6. The minimum atomic E-state index is -0.998. The van der Waals surface area contributed by atoms with Crippen molar-refractivity contribution in [2.45, 2.75) is 37.4 Å². The standard InChI is InChI=1S/C21H22Cl2N2O3/c22-14-8-9-15(16(23)12-14)20(26)19(17-7-4-10-24-17)25-18(21(27)28)11-13-5-2-1-3-6-13/h1-3,5-6,8-9,12,17-19,24-25H,4,7,10-11H2,(H,27,28). The molecule has 3 atom stereocenters. The fourth-order valence-electron chi connectivity index (χ4n) is 3.51. The zero-order valence-electron chi connectivity index (χ0n) is 15.2. The van der Waals surface area contributed by atoms with Gasteiger partial charge < -0.3 is 10.4 Å². The second-order valence-corrected chi connectivity index (χ2v) is 7.76. The van der Waals surface area contributed by atoms with Crippen LogP contribution in [-0.2, 0) is 11.2 Å². The van der Waals surface area contributed by atoms with E-state index in [4.69, 9.17) is 23.2 Å². The Bertz CT molecular complexity index is 839. The number of ketones is 1. The Hall–Kier alpha value is -1.92. The number of rotatable bonds is 8. The predicted molar refractivity (Wildman–Crippen MR) is 110 cm³/mol. The van der Waals surface area contributed by atoms with Gasteiger partial charge in [0.2, 0.25) is 0 Å². The molecule has 1 aliphatic heterocycles. The second kappa shape index (κ2) is 9.52. The maximum absolute atomic E-state index is 13.3. The lowest BCUT2D eigenvalue weighted by Crippen LogP contribution is -2.56. The third-order valence-corrected chi connectivity index (χ3v) is 5.49. The van der Waals surface area contributed by atoms with Gasteiger partial charge in [-0.15, -0.1) is 0 Å². The van der Waals surface area contributed by atoms with Crippen LogP contribution in [-0.4, -0.2) is 41.5 Å². The number of hydrogen-bond acceptors (Lipinski definition) is 4. The van der Waals surface area contributed by atoms with Crippen molar-refractivity contribution >= 4 is 35.0 Å². The minimum absolute atomic E-state index is 0.156. The van der Waals surface area contributed by atoms with Crippen molar-refractivity contribution < 1.29 is 14.7 Å². The Kier molecular flexibility index (Phi) is 7.08. The smallest absolute Gasteiger partial charge is 0.321 e. The number of carboxylic acid groups (broad SMARTS) is 1. The molecule has 1 fully saturated rings. The molecule has 0 amide bonds. The summed E-state index contributed by atoms with van der Waals surface area (Å²) in [7, 11) is 0. The molecule has 2 aromatic rings. The van der Waals surface area contributed by atoms with E-state index in [1.54, 1.807) is 12.1 Å². The van der Waals surface area contributed by atoms with Gasteiger partial charge in [0.25, 0.3) is 0 Å². The first-order valence-corrected chi connectivity index (χ1v) is 9.96. The molecule has 148 valence electrons. The zero-order chi connectivity index (χ0) is 20.1. The van der Waals surface area contributed by atoms with Crippen molar-refractivity contribution in [1.82, 2.24) is 10.6 Å². The number of aliphatic carboxylic acids is 1. The summed E-state index contributed by atoms with van der Waals surface area (Å²) in [5.41, 5.74) is 1.22. The molecule has 28 heavy (non-hydrogen) atoms. The highest BCUT2D eigenvalue weighted by Crippen LogP contribution is 2.24. The van der Waals surface area contributed by atoms with E-state index in [1.165, 1.54) is 6.07 Å². The number of carboxylic acids is 1. The van der Waals surface area contributed by atoms with Crippen LogP contribution in [0.15, 0.2) is 48.5 Å². The molecule has 1 aliphatic rings. The van der Waals surface area contributed by atoms with Crippen LogP contribution in [0.5, 0.6) is 0 Å². The molecule has 0 spiro atoms. The number of carbonyl (C=O) groups excluding carboxylic acids is 1. The largest absolute Gasteiger partial charge is 0.480 e. The first-order chi connectivity index (χ1) is 13.5. The molecule has 2 aromatic carbocycles. The van der Waals surface area contributed by atoms with Gasteiger partial charge in [0.15, 0.2) is 5.78 Å². The SMILES string of the molecule is O=C(O)C(Cc1ccccc1)NC(C(=O)c1ccc(Cl)cc1Cl)C1CCCN1. The lowest BCUT2D eigenvalue weighted by Gasteiger charge is -2.28. The molecule has 1 heterocycles. The molecule has 7 heteroatoms. The third-order valence-electron chi connectivity index (χ3n) is 4.94. The van der Waals surface area contributed by atoms with Crippen molar-refractivity contribution in [2.24, 2.45) is 0 Å². The number of benzene rings is 2. The fourth-order valence-corrected chi connectivity index (χ4v) is 4.01. The van der Waals surface area contributed by atoms with Crippen LogP contribution in [0.25, 0.3) is 0 Å². The highest BCUT2D eigenvalue weighted by molar-refractivity contribution is 6.37. The van der Waals surface area contributed by atoms with Gasteiger partial charge in [-0.2, -0.15) is 0 Å². The van der Waals surface area contributed by atoms with E-state index in [0.29, 0.717) is 10.6 Å². The van der Waals surface area contributed by atoms with Crippen molar-refractivity contribution in [1.29, 1.82) is 0 Å². The molecule has 1 saturated heterocycles. The van der Waals surface area contributed by atoms with E-state index in [2.05, 4.69) is 10.6 Å². The van der Waals surface area contributed by atoms with Gasteiger partial charge in [-0.25, -0.2) is 0 Å². The maximum atomic E-state index is 13.3. The molecule has 0 aromatic heterocycles. The average Bonchev–Trinajstić information content (AvgIpc) is 3.19. The Morgan fingerprint density at radius 1 is 1.18 bits per heavy atom. The van der Waals surface area contributed by atoms with Crippen molar-refractivity contribution in [3.05, 3.63) is 69.7 Å². The van der Waals surface area contributed by atoms with Crippen LogP contribution in [0.4, 0.5) is 0 Å². The van der Waals surface area contributed by atoms with Gasteiger partial charge >= 0.3 is 5.97 Å². The Labute approximate surface area is 174 Å². The van der Waals surface area contributed by atoms with Gasteiger partial charge in [-0.3, -0.25) is 14.9 Å². The summed E-state index contributed by atoms with van der Waals surface area (Å²) in [6.45, 7) is 0.793. The van der Waals surface area contributed by atoms with Gasteiger partial charge in [0.1, 0.15) is 6.04 Å². The number of hydrogen-bond donors (Lipinski definition) is 3. The zero-order valence-corrected chi connectivity index (χ0v) is 16.7. The highest BCUT2D eigenvalue weighted by Gasteiger charge is 2.35.